The third-order valence-corrected chi connectivity index (χ3v) is 8.01. The first kappa shape index (κ1) is 36.7. The first-order valence-corrected chi connectivity index (χ1v) is 14.8. The minimum absolute atomic E-state index is 0.00612. The van der Waals surface area contributed by atoms with Crippen molar-refractivity contribution < 1.29 is 69.9 Å². The number of carbonyl (C=O) groups excluding carboxylic acids is 3. The normalized spacial score (nSPS) is 14.3. The summed E-state index contributed by atoms with van der Waals surface area (Å²) < 4.78 is 96.1. The number of nitrogens with zero attached hydrogens (tertiary/aromatic N) is 1. The van der Waals surface area contributed by atoms with Crippen LogP contribution in [0.3, 0.4) is 0 Å². The Morgan fingerprint density at radius 1 is 0.918 bits per heavy atom. The second kappa shape index (κ2) is 14.6. The lowest BCUT2D eigenvalue weighted by Gasteiger charge is -2.16. The minimum Gasteiger partial charge on any atom is -0.507 e. The van der Waals surface area contributed by atoms with Gasteiger partial charge in [0.15, 0.2) is 6.61 Å². The monoisotopic (exact) mass is 729 g/mol. The third kappa shape index (κ3) is 9.08. The van der Waals surface area contributed by atoms with Crippen LogP contribution in [-0.4, -0.2) is 63.5 Å². The Morgan fingerprint density at radius 3 is 2.14 bits per heavy atom. The second-order valence-corrected chi connectivity index (χ2v) is 11.6. The number of hydrogen-bond acceptors (Lipinski definition) is 10. The molecule has 49 heavy (non-hydrogen) atoms. The summed E-state index contributed by atoms with van der Waals surface area (Å²) in [5.41, 5.74) is -4.09. The number of phenols is 1. The summed E-state index contributed by atoms with van der Waals surface area (Å²) in [5, 5.41) is 18.8. The summed E-state index contributed by atoms with van der Waals surface area (Å²) >= 11 is 6.04. The first-order valence-electron chi connectivity index (χ1n) is 13.5. The fourth-order valence-electron chi connectivity index (χ4n) is 4.26. The molecule has 0 saturated carbocycles. The number of alkyl halides is 6. The Bertz CT molecular complexity index is 1840. The summed E-state index contributed by atoms with van der Waals surface area (Å²) in [4.78, 5) is 49.4. The second-order valence-electron chi connectivity index (χ2n) is 9.95. The number of ether oxygens (including phenoxy) is 3. The SMILES string of the molecule is COC(=O)COc1ccc(-c2cc(C(F)(F)F)cc(C(F)(F)F)c2)cc1/C=C1\SC(=S)N(CCC(=O)Oc2ccc(C(=O)O)c(O)c2)C1=O. The zero-order valence-corrected chi connectivity index (χ0v) is 26.3. The van der Waals surface area contributed by atoms with E-state index in [1.54, 1.807) is 0 Å². The Balaban J connectivity index is 1.62. The molecule has 258 valence electrons. The fourth-order valence-corrected chi connectivity index (χ4v) is 5.56. The van der Waals surface area contributed by atoms with Crippen LogP contribution in [0.4, 0.5) is 26.3 Å². The van der Waals surface area contributed by atoms with Gasteiger partial charge >= 0.3 is 30.3 Å². The molecule has 0 radical (unpaired) electrons. The van der Waals surface area contributed by atoms with Gasteiger partial charge in [-0.2, -0.15) is 26.3 Å². The van der Waals surface area contributed by atoms with Gasteiger partial charge in [0.05, 0.1) is 29.6 Å². The van der Waals surface area contributed by atoms with Gasteiger partial charge in [0.2, 0.25) is 0 Å². The van der Waals surface area contributed by atoms with Crippen molar-refractivity contribution in [2.45, 2.75) is 18.8 Å². The number of amides is 1. The van der Waals surface area contributed by atoms with Gasteiger partial charge in [-0.05, 0) is 59.7 Å². The average Bonchev–Trinajstić information content (AvgIpc) is 3.28. The van der Waals surface area contributed by atoms with E-state index in [2.05, 4.69) is 4.74 Å². The van der Waals surface area contributed by atoms with Crippen molar-refractivity contribution in [3.05, 3.63) is 81.8 Å². The largest absolute Gasteiger partial charge is 0.507 e. The average molecular weight is 730 g/mol. The number of esters is 2. The first-order chi connectivity index (χ1) is 22.9. The fraction of sp³-hybridized carbons (Fsp3) is 0.194. The summed E-state index contributed by atoms with van der Waals surface area (Å²) in [6, 6.07) is 7.65. The Kier molecular flexibility index (Phi) is 10.9. The number of halogens is 6. The van der Waals surface area contributed by atoms with Crippen LogP contribution in [0.15, 0.2) is 59.5 Å². The van der Waals surface area contributed by atoms with Crippen molar-refractivity contribution in [2.75, 3.05) is 20.3 Å². The van der Waals surface area contributed by atoms with E-state index in [-0.39, 0.29) is 44.5 Å². The van der Waals surface area contributed by atoms with Crippen molar-refractivity contribution in [3.63, 3.8) is 0 Å². The molecule has 0 unspecified atom stereocenters. The molecule has 3 aromatic rings. The molecule has 18 heteroatoms. The highest BCUT2D eigenvalue weighted by Gasteiger charge is 2.37. The van der Waals surface area contributed by atoms with Gasteiger partial charge in [-0.3, -0.25) is 14.5 Å². The lowest BCUT2D eigenvalue weighted by molar-refractivity contribution is -0.144. The van der Waals surface area contributed by atoms with Crippen LogP contribution in [-0.2, 0) is 31.5 Å². The lowest BCUT2D eigenvalue weighted by atomic mass is 9.97. The number of carboxylic acid groups (broad SMARTS) is 1. The molecule has 2 N–H and O–H groups in total. The number of benzene rings is 3. The highest BCUT2D eigenvalue weighted by atomic mass is 32.2. The van der Waals surface area contributed by atoms with Crippen LogP contribution < -0.4 is 9.47 Å². The molecule has 4 rings (SSSR count). The molecule has 0 spiro atoms. The standard InChI is InChI=1S/C31H21F6NO9S2/c1-45-26(41)14-46-23-5-2-15(16-9-18(30(32,33)34)12-19(10-16)31(35,36)37)8-17(23)11-24-27(42)38(29(48)49-24)7-6-25(40)47-20-3-4-21(28(43)44)22(39)13-20/h2-5,8-13,39H,6-7,14H2,1H3,(H,43,44)/b24-11-. The van der Waals surface area contributed by atoms with Gasteiger partial charge in [-0.1, -0.05) is 30.0 Å². The molecule has 1 amide bonds. The van der Waals surface area contributed by atoms with Crippen LogP contribution in [0.25, 0.3) is 17.2 Å². The molecule has 1 aliphatic heterocycles. The molecule has 1 heterocycles. The number of thiocarbonyl (C=S) groups is 1. The summed E-state index contributed by atoms with van der Waals surface area (Å²) in [5.74, 6) is -4.69. The van der Waals surface area contributed by atoms with E-state index in [4.69, 9.17) is 26.8 Å². The number of rotatable bonds is 10. The predicted octanol–water partition coefficient (Wildman–Crippen LogP) is 6.54. The van der Waals surface area contributed by atoms with Gasteiger partial charge in [-0.15, -0.1) is 0 Å². The lowest BCUT2D eigenvalue weighted by Crippen LogP contribution is -2.31. The molecule has 3 aromatic carbocycles. The zero-order chi connectivity index (χ0) is 36.3. The number of thioether (sulfide) groups is 1. The van der Waals surface area contributed by atoms with Crippen molar-refractivity contribution in [1.29, 1.82) is 0 Å². The Labute approximate surface area is 281 Å². The number of methoxy groups -OCH3 is 1. The van der Waals surface area contributed by atoms with E-state index in [9.17, 15) is 50.6 Å². The Hall–Kier alpha value is -5.10. The van der Waals surface area contributed by atoms with Crippen LogP contribution in [0.1, 0.15) is 33.5 Å². The molecule has 0 aromatic heterocycles. The maximum absolute atomic E-state index is 13.5. The van der Waals surface area contributed by atoms with E-state index in [1.807, 2.05) is 0 Å². The smallest absolute Gasteiger partial charge is 0.416 e. The molecule has 1 saturated heterocycles. The van der Waals surface area contributed by atoms with Crippen LogP contribution in [0.2, 0.25) is 0 Å². The molecule has 1 aliphatic rings. The highest BCUT2D eigenvalue weighted by Crippen LogP contribution is 2.40. The molecule has 0 bridgehead atoms. The topological polar surface area (TPSA) is 140 Å². The van der Waals surface area contributed by atoms with Gasteiger partial charge in [0.1, 0.15) is 27.1 Å². The zero-order valence-electron chi connectivity index (χ0n) is 24.7. The maximum Gasteiger partial charge on any atom is 0.416 e. The van der Waals surface area contributed by atoms with E-state index < -0.39 is 77.2 Å². The van der Waals surface area contributed by atoms with E-state index in [0.717, 1.165) is 48.0 Å². The van der Waals surface area contributed by atoms with Crippen LogP contribution in [0.5, 0.6) is 17.2 Å². The van der Waals surface area contributed by atoms with Crippen LogP contribution >= 0.6 is 24.0 Å². The molecule has 10 nitrogen and oxygen atoms in total. The summed E-state index contributed by atoms with van der Waals surface area (Å²) in [7, 11) is 1.08. The van der Waals surface area contributed by atoms with Gasteiger partial charge in [0, 0.05) is 18.2 Å². The number of carboxylic acids is 1. The molecule has 1 fully saturated rings. The Morgan fingerprint density at radius 2 is 1.57 bits per heavy atom. The highest BCUT2D eigenvalue weighted by molar-refractivity contribution is 8.26. The number of aromatic carboxylic acids is 1. The van der Waals surface area contributed by atoms with Gasteiger partial charge in [0.25, 0.3) is 5.91 Å². The maximum atomic E-state index is 13.5. The predicted molar refractivity (Wildman–Crippen MR) is 165 cm³/mol. The molecular formula is C31H21F6NO9S2. The third-order valence-electron chi connectivity index (χ3n) is 6.63. The number of carbonyl (C=O) groups is 4. The number of hydrogen-bond donors (Lipinski definition) is 2. The molecular weight excluding hydrogens is 708 g/mol. The van der Waals surface area contributed by atoms with Crippen molar-refractivity contribution in [2.24, 2.45) is 0 Å². The van der Waals surface area contributed by atoms with Gasteiger partial charge in [-0.25, -0.2) is 9.59 Å². The van der Waals surface area contributed by atoms with Gasteiger partial charge < -0.3 is 24.4 Å². The summed E-state index contributed by atoms with van der Waals surface area (Å²) in [6.45, 7) is -0.908. The van der Waals surface area contributed by atoms with Crippen molar-refractivity contribution >= 4 is 58.2 Å². The van der Waals surface area contributed by atoms with E-state index in [1.165, 1.54) is 18.2 Å². The van der Waals surface area contributed by atoms with E-state index >= 15 is 0 Å². The number of aromatic hydroxyl groups is 1. The molecule has 0 aliphatic carbocycles. The van der Waals surface area contributed by atoms with E-state index in [0.29, 0.717) is 12.1 Å². The quantitative estimate of drug-likeness (QED) is 0.0773. The summed E-state index contributed by atoms with van der Waals surface area (Å²) in [6.07, 6.45) is -9.40. The van der Waals surface area contributed by atoms with Crippen molar-refractivity contribution in [3.8, 4) is 28.4 Å². The van der Waals surface area contributed by atoms with Crippen molar-refractivity contribution in [1.82, 2.24) is 4.90 Å². The minimum atomic E-state index is -5.10. The molecule has 0 atom stereocenters. The van der Waals surface area contributed by atoms with Crippen LogP contribution in [0, 0.1) is 0 Å².